The fourth-order valence-corrected chi connectivity index (χ4v) is 4.08. The van der Waals surface area contributed by atoms with Crippen molar-refractivity contribution in [3.05, 3.63) is 32.2 Å². The van der Waals surface area contributed by atoms with Crippen molar-refractivity contribution < 1.29 is 9.90 Å². The van der Waals surface area contributed by atoms with Gasteiger partial charge in [-0.25, -0.2) is 9.97 Å². The molecule has 0 saturated carbocycles. The highest BCUT2D eigenvalue weighted by atomic mass is 32.1. The minimum absolute atomic E-state index is 0.141. The first kappa shape index (κ1) is 16.5. The molecule has 1 amide bonds. The van der Waals surface area contributed by atoms with Gasteiger partial charge in [-0.2, -0.15) is 0 Å². The molecule has 124 valence electrons. The molecule has 1 saturated heterocycles. The fraction of sp³-hybridized carbons (Fsp3) is 0.533. The van der Waals surface area contributed by atoms with Gasteiger partial charge in [-0.05, 0) is 20.3 Å². The van der Waals surface area contributed by atoms with E-state index in [1.807, 2.05) is 13.8 Å². The highest BCUT2D eigenvalue weighted by molar-refractivity contribution is 7.11. The summed E-state index contributed by atoms with van der Waals surface area (Å²) in [4.78, 5) is 23.6. The number of β-amino-alcohol motifs (C(OH)–C–C–N with tert-alkyl or cyclic N) is 1. The normalized spacial score (nSPS) is 22.2. The molecule has 3 heterocycles. The van der Waals surface area contributed by atoms with Crippen LogP contribution in [0.5, 0.6) is 0 Å². The van der Waals surface area contributed by atoms with E-state index < -0.39 is 6.10 Å². The van der Waals surface area contributed by atoms with E-state index in [0.717, 1.165) is 35.9 Å². The van der Waals surface area contributed by atoms with Crippen molar-refractivity contribution in [2.24, 2.45) is 0 Å². The van der Waals surface area contributed by atoms with Crippen LogP contribution in [0.15, 0.2) is 10.9 Å². The smallest absolute Gasteiger partial charge is 0.263 e. The van der Waals surface area contributed by atoms with Crippen LogP contribution >= 0.6 is 22.7 Å². The van der Waals surface area contributed by atoms with E-state index >= 15 is 0 Å². The van der Waals surface area contributed by atoms with Gasteiger partial charge in [0.2, 0.25) is 0 Å². The summed E-state index contributed by atoms with van der Waals surface area (Å²) in [6.45, 7) is 5.94. The topological polar surface area (TPSA) is 78.4 Å². The van der Waals surface area contributed by atoms with E-state index in [9.17, 15) is 9.90 Å². The number of likely N-dealkylation sites (tertiary alicyclic amines) is 1. The molecule has 1 aliphatic rings. The van der Waals surface area contributed by atoms with Gasteiger partial charge in [0.1, 0.15) is 4.88 Å². The number of thiazole rings is 2. The Morgan fingerprint density at radius 2 is 2.30 bits per heavy atom. The summed E-state index contributed by atoms with van der Waals surface area (Å²) in [5, 5.41) is 16.4. The van der Waals surface area contributed by atoms with Crippen LogP contribution in [0.25, 0.3) is 0 Å². The number of aliphatic hydroxyl groups is 1. The molecule has 0 aliphatic carbocycles. The number of nitrogens with zero attached hydrogens (tertiary/aromatic N) is 3. The maximum absolute atomic E-state index is 12.2. The Morgan fingerprint density at radius 1 is 1.48 bits per heavy atom. The highest BCUT2D eigenvalue weighted by Crippen LogP contribution is 2.18. The molecule has 1 fully saturated rings. The number of aryl methyl sites for hydroxylation is 2. The van der Waals surface area contributed by atoms with Gasteiger partial charge in [-0.1, -0.05) is 0 Å². The number of rotatable bonds is 4. The Hall–Kier alpha value is -1.35. The van der Waals surface area contributed by atoms with E-state index in [2.05, 4.69) is 25.6 Å². The molecule has 23 heavy (non-hydrogen) atoms. The molecule has 2 N–H and O–H groups in total. The molecular weight excluding hydrogens is 332 g/mol. The summed E-state index contributed by atoms with van der Waals surface area (Å²) < 4.78 is 0. The van der Waals surface area contributed by atoms with E-state index in [0.29, 0.717) is 11.4 Å². The second kappa shape index (κ2) is 7.04. The van der Waals surface area contributed by atoms with Crippen LogP contribution in [0.2, 0.25) is 0 Å². The van der Waals surface area contributed by atoms with Gasteiger partial charge in [0.15, 0.2) is 0 Å². The van der Waals surface area contributed by atoms with Crippen LogP contribution in [0, 0.1) is 13.8 Å². The molecule has 0 unspecified atom stereocenters. The lowest BCUT2D eigenvalue weighted by molar-refractivity contribution is 0.0346. The Morgan fingerprint density at radius 3 is 2.91 bits per heavy atom. The lowest BCUT2D eigenvalue weighted by atomic mass is 10.0. The first-order valence-electron chi connectivity index (χ1n) is 7.55. The Balaban J connectivity index is 1.54. The molecule has 3 rings (SSSR count). The maximum Gasteiger partial charge on any atom is 0.263 e. The van der Waals surface area contributed by atoms with Crippen LogP contribution in [0.3, 0.4) is 0 Å². The zero-order chi connectivity index (χ0) is 16.4. The predicted molar refractivity (Wildman–Crippen MR) is 90.9 cm³/mol. The van der Waals surface area contributed by atoms with Gasteiger partial charge in [0, 0.05) is 25.0 Å². The Kier molecular flexibility index (Phi) is 5.05. The van der Waals surface area contributed by atoms with Crippen molar-refractivity contribution in [2.45, 2.75) is 39.0 Å². The van der Waals surface area contributed by atoms with Crippen molar-refractivity contribution in [1.29, 1.82) is 0 Å². The molecule has 2 aromatic heterocycles. The molecule has 6 nitrogen and oxygen atoms in total. The van der Waals surface area contributed by atoms with Crippen molar-refractivity contribution in [3.63, 3.8) is 0 Å². The number of amides is 1. The minimum atomic E-state index is -0.569. The molecule has 8 heteroatoms. The second-order valence-corrected chi connectivity index (χ2v) is 7.71. The van der Waals surface area contributed by atoms with Crippen molar-refractivity contribution in [2.75, 3.05) is 13.1 Å². The molecule has 2 atom stereocenters. The Labute approximate surface area is 143 Å². The molecule has 0 bridgehead atoms. The van der Waals surface area contributed by atoms with Crippen molar-refractivity contribution in [1.82, 2.24) is 20.2 Å². The van der Waals surface area contributed by atoms with Crippen molar-refractivity contribution >= 4 is 28.6 Å². The average molecular weight is 352 g/mol. The summed E-state index contributed by atoms with van der Waals surface area (Å²) in [6, 6.07) is -0.211. The third kappa shape index (κ3) is 3.95. The minimum Gasteiger partial charge on any atom is -0.390 e. The number of hydrogen-bond donors (Lipinski definition) is 2. The van der Waals surface area contributed by atoms with Gasteiger partial charge >= 0.3 is 0 Å². The summed E-state index contributed by atoms with van der Waals surface area (Å²) in [5.74, 6) is -0.141. The molecule has 0 radical (unpaired) electrons. The van der Waals surface area contributed by atoms with Gasteiger partial charge in [0.25, 0.3) is 5.91 Å². The maximum atomic E-state index is 12.2. The van der Waals surface area contributed by atoms with E-state index in [-0.39, 0.29) is 11.9 Å². The lowest BCUT2D eigenvalue weighted by Gasteiger charge is -2.35. The average Bonchev–Trinajstić information content (AvgIpc) is 3.10. The van der Waals surface area contributed by atoms with E-state index in [1.54, 1.807) is 16.8 Å². The molecule has 1 aliphatic heterocycles. The third-order valence-electron chi connectivity index (χ3n) is 3.99. The van der Waals surface area contributed by atoms with Crippen LogP contribution < -0.4 is 5.32 Å². The highest BCUT2D eigenvalue weighted by Gasteiger charge is 2.30. The van der Waals surface area contributed by atoms with Crippen LogP contribution in [0.4, 0.5) is 0 Å². The molecule has 2 aromatic rings. The molecular formula is C15H20N4O2S2. The number of carbonyl (C=O) groups excluding carboxylic acids is 1. The number of aliphatic hydroxyl groups excluding tert-OH is 1. The van der Waals surface area contributed by atoms with E-state index in [4.69, 9.17) is 0 Å². The van der Waals surface area contributed by atoms with Gasteiger partial charge in [0.05, 0.1) is 34.1 Å². The zero-order valence-corrected chi connectivity index (χ0v) is 14.8. The van der Waals surface area contributed by atoms with Gasteiger partial charge in [-0.15, -0.1) is 22.7 Å². The van der Waals surface area contributed by atoms with Crippen LogP contribution in [-0.2, 0) is 6.54 Å². The van der Waals surface area contributed by atoms with Gasteiger partial charge in [-0.3, -0.25) is 9.69 Å². The summed E-state index contributed by atoms with van der Waals surface area (Å²) in [6.07, 6.45) is 0.161. The number of hydrogen-bond acceptors (Lipinski definition) is 7. The molecule has 0 aromatic carbocycles. The number of aromatic nitrogens is 2. The number of carbonyl (C=O) groups is 1. The third-order valence-corrected chi connectivity index (χ3v) is 5.74. The lowest BCUT2D eigenvalue weighted by Crippen LogP contribution is -2.53. The summed E-state index contributed by atoms with van der Waals surface area (Å²) >= 11 is 2.97. The first-order valence-corrected chi connectivity index (χ1v) is 9.31. The monoisotopic (exact) mass is 352 g/mol. The summed E-state index contributed by atoms with van der Waals surface area (Å²) in [5.41, 5.74) is 3.44. The standard InChI is InChI=1S/C15H20N4O2S2/c1-9-14(23-8-16-9)15(21)18-12-3-4-19(6-13(12)20)5-11-7-22-10(2)17-11/h7-8,12-13,20H,3-6H2,1-2H3,(H,18,21)/t12-,13-/m0/s1. The van der Waals surface area contributed by atoms with Crippen LogP contribution in [-0.4, -0.2) is 51.1 Å². The predicted octanol–water partition coefficient (Wildman–Crippen LogP) is 1.58. The Bertz CT molecular complexity index is 685. The fourth-order valence-electron chi connectivity index (χ4n) is 2.77. The van der Waals surface area contributed by atoms with E-state index in [1.165, 1.54) is 11.3 Å². The van der Waals surface area contributed by atoms with Gasteiger partial charge < -0.3 is 10.4 Å². The number of piperidine rings is 1. The largest absolute Gasteiger partial charge is 0.390 e. The quantitative estimate of drug-likeness (QED) is 0.873. The molecule has 0 spiro atoms. The second-order valence-electron chi connectivity index (χ2n) is 5.80. The zero-order valence-electron chi connectivity index (χ0n) is 13.2. The SMILES string of the molecule is Cc1nc(CN2CC[C@H](NC(=O)c3scnc3C)[C@@H](O)C2)cs1. The first-order chi connectivity index (χ1) is 11.0. The van der Waals surface area contributed by atoms with Crippen LogP contribution in [0.1, 0.15) is 32.5 Å². The summed E-state index contributed by atoms with van der Waals surface area (Å²) in [7, 11) is 0. The number of nitrogens with one attached hydrogen (secondary N) is 1. The van der Waals surface area contributed by atoms with Crippen molar-refractivity contribution in [3.8, 4) is 0 Å².